The van der Waals surface area contributed by atoms with Gasteiger partial charge in [0.15, 0.2) is 0 Å². The number of nitrogens with two attached hydrogens (primary N) is 1. The number of rotatable bonds is 9. The Labute approximate surface area is 128 Å². The van der Waals surface area contributed by atoms with E-state index in [1.54, 1.807) is 0 Å². The molecule has 0 saturated carbocycles. The number of hydrogen-bond donors (Lipinski definition) is 1. The van der Waals surface area contributed by atoms with E-state index >= 15 is 0 Å². The molecule has 0 aliphatic heterocycles. The topological polar surface area (TPSA) is 55.6 Å². The number of carbonyl (C=O) groups excluding carboxylic acids is 1. The molecule has 0 heterocycles. The number of hydrogen-bond acceptors (Lipinski definition) is 4. The maximum absolute atomic E-state index is 11.5. The number of carbonyl (C=O) groups is 1. The fourth-order valence-electron chi connectivity index (χ4n) is 2.48. The fraction of sp³-hybridized carbons (Fsp3) is 0.588. The van der Waals surface area contributed by atoms with Crippen molar-refractivity contribution in [3.63, 3.8) is 0 Å². The molecule has 2 N–H and O–H groups in total. The minimum Gasteiger partial charge on any atom is -0.466 e. The monoisotopic (exact) mass is 292 g/mol. The molecule has 1 unspecified atom stereocenters. The number of nitrogen functional groups attached to an aromatic ring is 1. The van der Waals surface area contributed by atoms with Crippen LogP contribution in [0.15, 0.2) is 24.3 Å². The van der Waals surface area contributed by atoms with Gasteiger partial charge in [0, 0.05) is 18.3 Å². The first-order chi connectivity index (χ1) is 10.1. The lowest BCUT2D eigenvalue weighted by molar-refractivity contribution is -0.143. The molecule has 4 nitrogen and oxygen atoms in total. The molecule has 0 bridgehead atoms. The number of anilines is 1. The van der Waals surface area contributed by atoms with E-state index < -0.39 is 0 Å². The lowest BCUT2D eigenvalue weighted by Crippen LogP contribution is -2.37. The van der Waals surface area contributed by atoms with Gasteiger partial charge in [0.1, 0.15) is 0 Å². The second-order valence-electron chi connectivity index (χ2n) is 5.34. The van der Waals surface area contributed by atoms with Gasteiger partial charge in [-0.2, -0.15) is 0 Å². The van der Waals surface area contributed by atoms with Gasteiger partial charge in [0.05, 0.1) is 13.0 Å². The zero-order valence-electron chi connectivity index (χ0n) is 13.5. The summed E-state index contributed by atoms with van der Waals surface area (Å²) >= 11 is 0. The predicted octanol–water partition coefficient (Wildman–Crippen LogP) is 2.87. The molecule has 0 radical (unpaired) electrons. The summed E-state index contributed by atoms with van der Waals surface area (Å²) in [4.78, 5) is 13.9. The molecular formula is C17H28N2O2. The second-order valence-corrected chi connectivity index (χ2v) is 5.34. The summed E-state index contributed by atoms with van der Waals surface area (Å²) < 4.78 is 5.00. The molecule has 0 aromatic heterocycles. The standard InChI is InChI=1S/C17H28N2O2/c1-4-11-19(12-10-17(20)21-5-2)14(3)13-15-8-6-7-9-16(15)18/h6-9,14H,4-5,10-13,18H2,1-3H3. The van der Waals surface area contributed by atoms with Crippen LogP contribution in [0, 0.1) is 0 Å². The Morgan fingerprint density at radius 2 is 2.00 bits per heavy atom. The Balaban J connectivity index is 2.58. The van der Waals surface area contributed by atoms with Crippen LogP contribution in [-0.2, 0) is 16.0 Å². The van der Waals surface area contributed by atoms with Gasteiger partial charge in [-0.1, -0.05) is 25.1 Å². The van der Waals surface area contributed by atoms with Gasteiger partial charge in [-0.3, -0.25) is 9.69 Å². The average Bonchev–Trinajstić information content (AvgIpc) is 2.46. The van der Waals surface area contributed by atoms with Crippen LogP contribution in [0.1, 0.15) is 39.2 Å². The van der Waals surface area contributed by atoms with Crippen LogP contribution in [0.2, 0.25) is 0 Å². The van der Waals surface area contributed by atoms with Crippen molar-refractivity contribution >= 4 is 11.7 Å². The Bertz CT molecular complexity index is 435. The van der Waals surface area contributed by atoms with E-state index in [0.29, 0.717) is 19.1 Å². The van der Waals surface area contributed by atoms with E-state index in [1.165, 1.54) is 5.56 Å². The van der Waals surface area contributed by atoms with Crippen LogP contribution in [-0.4, -0.2) is 36.6 Å². The number of esters is 1. The van der Waals surface area contributed by atoms with Gasteiger partial charge < -0.3 is 10.5 Å². The third-order valence-electron chi connectivity index (χ3n) is 3.61. The highest BCUT2D eigenvalue weighted by molar-refractivity contribution is 5.69. The average molecular weight is 292 g/mol. The molecule has 21 heavy (non-hydrogen) atoms. The second kappa shape index (κ2) is 9.40. The first-order valence-electron chi connectivity index (χ1n) is 7.81. The van der Waals surface area contributed by atoms with Gasteiger partial charge >= 0.3 is 5.97 Å². The minimum atomic E-state index is -0.120. The summed E-state index contributed by atoms with van der Waals surface area (Å²) in [6.07, 6.45) is 2.41. The molecule has 1 aromatic rings. The highest BCUT2D eigenvalue weighted by atomic mass is 16.5. The predicted molar refractivity (Wildman–Crippen MR) is 87.1 cm³/mol. The summed E-state index contributed by atoms with van der Waals surface area (Å²) in [5.41, 5.74) is 8.02. The number of para-hydroxylation sites is 1. The maximum Gasteiger partial charge on any atom is 0.307 e. The maximum atomic E-state index is 11.5. The van der Waals surface area contributed by atoms with Crippen molar-refractivity contribution in [2.45, 2.75) is 46.1 Å². The lowest BCUT2D eigenvalue weighted by atomic mass is 10.0. The Kier molecular flexibility index (Phi) is 7.83. The van der Waals surface area contributed by atoms with Crippen LogP contribution in [0.4, 0.5) is 5.69 Å². The van der Waals surface area contributed by atoms with Crippen molar-refractivity contribution in [1.29, 1.82) is 0 Å². The SMILES string of the molecule is CCCN(CCC(=O)OCC)C(C)Cc1ccccc1N. The van der Waals surface area contributed by atoms with Crippen LogP contribution in [0.25, 0.3) is 0 Å². The van der Waals surface area contributed by atoms with E-state index in [1.807, 2.05) is 25.1 Å². The Morgan fingerprint density at radius 3 is 2.62 bits per heavy atom. The van der Waals surface area contributed by atoms with Gasteiger partial charge in [-0.15, -0.1) is 0 Å². The fourth-order valence-corrected chi connectivity index (χ4v) is 2.48. The molecule has 0 spiro atoms. The van der Waals surface area contributed by atoms with E-state index in [-0.39, 0.29) is 5.97 Å². The van der Waals surface area contributed by atoms with Gasteiger partial charge in [-0.25, -0.2) is 0 Å². The van der Waals surface area contributed by atoms with Crippen molar-refractivity contribution in [3.8, 4) is 0 Å². The molecule has 0 saturated heterocycles. The molecular weight excluding hydrogens is 264 g/mol. The number of benzene rings is 1. The van der Waals surface area contributed by atoms with E-state index in [4.69, 9.17) is 10.5 Å². The molecule has 1 atom stereocenters. The lowest BCUT2D eigenvalue weighted by Gasteiger charge is -2.29. The van der Waals surface area contributed by atoms with Gasteiger partial charge in [0.25, 0.3) is 0 Å². The highest BCUT2D eigenvalue weighted by Gasteiger charge is 2.16. The number of nitrogens with zero attached hydrogens (tertiary/aromatic N) is 1. The van der Waals surface area contributed by atoms with Crippen molar-refractivity contribution in [1.82, 2.24) is 4.90 Å². The zero-order chi connectivity index (χ0) is 15.7. The Hall–Kier alpha value is -1.55. The molecule has 0 amide bonds. The van der Waals surface area contributed by atoms with E-state index in [9.17, 15) is 4.79 Å². The molecule has 118 valence electrons. The summed E-state index contributed by atoms with van der Waals surface area (Å²) in [5, 5.41) is 0. The molecule has 1 rings (SSSR count). The Morgan fingerprint density at radius 1 is 1.29 bits per heavy atom. The molecule has 0 aliphatic rings. The van der Waals surface area contributed by atoms with Crippen LogP contribution in [0.3, 0.4) is 0 Å². The van der Waals surface area contributed by atoms with Gasteiger partial charge in [-0.05, 0) is 44.9 Å². The van der Waals surface area contributed by atoms with Crippen molar-refractivity contribution in [3.05, 3.63) is 29.8 Å². The van der Waals surface area contributed by atoms with Crippen LogP contribution < -0.4 is 5.73 Å². The largest absolute Gasteiger partial charge is 0.466 e. The quantitative estimate of drug-likeness (QED) is 0.561. The molecule has 1 aromatic carbocycles. The highest BCUT2D eigenvalue weighted by Crippen LogP contribution is 2.16. The van der Waals surface area contributed by atoms with E-state index in [0.717, 1.165) is 31.6 Å². The summed E-state index contributed by atoms with van der Waals surface area (Å²) in [5.74, 6) is -0.120. The summed E-state index contributed by atoms with van der Waals surface area (Å²) in [6, 6.07) is 8.32. The summed E-state index contributed by atoms with van der Waals surface area (Å²) in [6.45, 7) is 8.34. The first-order valence-corrected chi connectivity index (χ1v) is 7.81. The van der Waals surface area contributed by atoms with E-state index in [2.05, 4.69) is 24.8 Å². The molecule has 0 aliphatic carbocycles. The smallest absolute Gasteiger partial charge is 0.307 e. The van der Waals surface area contributed by atoms with Crippen molar-refractivity contribution in [2.75, 3.05) is 25.4 Å². The third kappa shape index (κ3) is 6.17. The molecule has 4 heteroatoms. The first kappa shape index (κ1) is 17.5. The summed E-state index contributed by atoms with van der Waals surface area (Å²) in [7, 11) is 0. The van der Waals surface area contributed by atoms with Crippen molar-refractivity contribution < 1.29 is 9.53 Å². The molecule has 0 fully saturated rings. The number of ether oxygens (including phenoxy) is 1. The van der Waals surface area contributed by atoms with Crippen LogP contribution in [0.5, 0.6) is 0 Å². The normalized spacial score (nSPS) is 12.4. The third-order valence-corrected chi connectivity index (χ3v) is 3.61. The zero-order valence-corrected chi connectivity index (χ0v) is 13.5. The van der Waals surface area contributed by atoms with Gasteiger partial charge in [0.2, 0.25) is 0 Å². The van der Waals surface area contributed by atoms with Crippen molar-refractivity contribution in [2.24, 2.45) is 0 Å². The van der Waals surface area contributed by atoms with Crippen LogP contribution >= 0.6 is 0 Å². The minimum absolute atomic E-state index is 0.120.